The van der Waals surface area contributed by atoms with Gasteiger partial charge in [0.15, 0.2) is 5.78 Å². The van der Waals surface area contributed by atoms with Crippen LogP contribution in [-0.2, 0) is 10.5 Å². The van der Waals surface area contributed by atoms with Crippen LogP contribution in [-0.4, -0.2) is 20.5 Å². The molecule has 1 aliphatic carbocycles. The summed E-state index contributed by atoms with van der Waals surface area (Å²) in [5.74, 6) is 0.396. The van der Waals surface area contributed by atoms with E-state index in [4.69, 9.17) is 0 Å². The van der Waals surface area contributed by atoms with E-state index in [0.29, 0.717) is 34.4 Å². The van der Waals surface area contributed by atoms with Gasteiger partial charge < -0.3 is 5.32 Å². The minimum Gasteiger partial charge on any atom is -0.328 e. The van der Waals surface area contributed by atoms with Crippen LogP contribution in [0.4, 0.5) is 14.7 Å². The molecule has 0 fully saturated rings. The van der Waals surface area contributed by atoms with Crippen LogP contribution in [0.25, 0.3) is 0 Å². The first-order chi connectivity index (χ1) is 14.6. The Labute approximate surface area is 176 Å². The number of thioether (sulfide) groups is 1. The highest BCUT2D eigenvalue weighted by atomic mass is 32.2. The Morgan fingerprint density at radius 3 is 2.70 bits per heavy atom. The fourth-order valence-electron chi connectivity index (χ4n) is 3.91. The smallest absolute Gasteiger partial charge is 0.227 e. The summed E-state index contributed by atoms with van der Waals surface area (Å²) in [6.07, 6.45) is 2.02. The Balaban J connectivity index is 1.51. The highest BCUT2D eigenvalue weighted by Crippen LogP contribution is 2.40. The van der Waals surface area contributed by atoms with Crippen LogP contribution in [0.5, 0.6) is 0 Å². The number of ketones is 1. The number of halogens is 2. The zero-order chi connectivity index (χ0) is 20.7. The van der Waals surface area contributed by atoms with Gasteiger partial charge in [-0.1, -0.05) is 42.1 Å². The maximum Gasteiger partial charge on any atom is 0.227 e. The lowest BCUT2D eigenvalue weighted by Gasteiger charge is -2.32. The van der Waals surface area contributed by atoms with Gasteiger partial charge in [0.25, 0.3) is 0 Å². The summed E-state index contributed by atoms with van der Waals surface area (Å²) in [6, 6.07) is 12.3. The highest BCUT2D eigenvalue weighted by molar-refractivity contribution is 7.98. The van der Waals surface area contributed by atoms with E-state index in [0.717, 1.165) is 24.1 Å². The number of nitrogens with zero attached hydrogens (tertiary/aromatic N) is 3. The average Bonchev–Trinajstić information content (AvgIpc) is 3.15. The minimum atomic E-state index is -0.458. The van der Waals surface area contributed by atoms with E-state index in [1.807, 2.05) is 0 Å². The summed E-state index contributed by atoms with van der Waals surface area (Å²) >= 11 is 1.33. The van der Waals surface area contributed by atoms with E-state index in [1.54, 1.807) is 35.0 Å². The predicted octanol–water partition coefficient (Wildman–Crippen LogP) is 4.87. The lowest BCUT2D eigenvalue weighted by molar-refractivity contribution is -0.116. The number of benzene rings is 2. The van der Waals surface area contributed by atoms with Crippen molar-refractivity contribution in [3.63, 3.8) is 0 Å². The molecule has 5 nitrogen and oxygen atoms in total. The van der Waals surface area contributed by atoms with Crippen molar-refractivity contribution in [2.75, 3.05) is 5.32 Å². The number of fused-ring (bicyclic) bond motifs is 1. The molecule has 1 atom stereocenters. The summed E-state index contributed by atoms with van der Waals surface area (Å²) in [6.45, 7) is 0. The number of rotatable bonds is 4. The Kier molecular flexibility index (Phi) is 4.86. The number of carbonyl (C=O) groups excluding carboxylic acids is 1. The van der Waals surface area contributed by atoms with Gasteiger partial charge in [-0.15, -0.1) is 5.10 Å². The number of Topliss-reactive ketones (excluding diaryl/α,β-unsaturated/α-hetero) is 1. The molecule has 0 amide bonds. The van der Waals surface area contributed by atoms with Gasteiger partial charge in [-0.25, -0.2) is 13.5 Å². The maximum absolute atomic E-state index is 13.9. The zero-order valence-corrected chi connectivity index (χ0v) is 16.8. The van der Waals surface area contributed by atoms with E-state index in [-0.39, 0.29) is 17.4 Å². The van der Waals surface area contributed by atoms with Crippen molar-refractivity contribution >= 4 is 23.5 Å². The van der Waals surface area contributed by atoms with Gasteiger partial charge >= 0.3 is 0 Å². The predicted molar refractivity (Wildman–Crippen MR) is 110 cm³/mol. The normalized spacial score (nSPS) is 18.1. The third-order valence-corrected chi connectivity index (χ3v) is 6.24. The number of aromatic nitrogens is 3. The van der Waals surface area contributed by atoms with E-state index in [1.165, 1.54) is 30.0 Å². The standard InChI is InChI=1S/C22H18F2N4OS/c23-15-10-8-13(9-11-15)20-19-17(6-3-7-18(19)29)25-21-26-22(27-28(20)21)30-12-14-4-1-2-5-16(14)24/h1-2,4-5,8-11,20H,3,6-7,12H2,(H,25,26,27). The Morgan fingerprint density at radius 1 is 1.10 bits per heavy atom. The van der Waals surface area contributed by atoms with E-state index < -0.39 is 6.04 Å². The van der Waals surface area contributed by atoms with Crippen LogP contribution in [0.2, 0.25) is 0 Å². The second-order valence-corrected chi connectivity index (χ2v) is 8.23. The van der Waals surface area contributed by atoms with Crippen molar-refractivity contribution in [2.45, 2.75) is 36.2 Å². The van der Waals surface area contributed by atoms with Gasteiger partial charge in [-0.3, -0.25) is 4.79 Å². The summed E-state index contributed by atoms with van der Waals surface area (Å²) in [7, 11) is 0. The van der Waals surface area contributed by atoms with Crippen LogP contribution < -0.4 is 5.32 Å². The first-order valence-electron chi connectivity index (χ1n) is 9.71. The van der Waals surface area contributed by atoms with Crippen LogP contribution in [0.1, 0.15) is 36.4 Å². The van der Waals surface area contributed by atoms with Gasteiger partial charge in [0.05, 0.1) is 0 Å². The maximum atomic E-state index is 13.9. The molecule has 0 saturated heterocycles. The van der Waals surface area contributed by atoms with Crippen molar-refractivity contribution < 1.29 is 13.6 Å². The third kappa shape index (κ3) is 3.41. The zero-order valence-electron chi connectivity index (χ0n) is 15.9. The Bertz CT molecular complexity index is 1160. The molecule has 3 aromatic rings. The molecule has 0 saturated carbocycles. The van der Waals surface area contributed by atoms with Crippen LogP contribution in [0.3, 0.4) is 0 Å². The van der Waals surface area contributed by atoms with E-state index in [9.17, 15) is 13.6 Å². The third-order valence-electron chi connectivity index (χ3n) is 5.35. The van der Waals surface area contributed by atoms with Crippen LogP contribution >= 0.6 is 11.8 Å². The van der Waals surface area contributed by atoms with E-state index in [2.05, 4.69) is 15.4 Å². The number of nitrogens with one attached hydrogen (secondary N) is 1. The van der Waals surface area contributed by atoms with Gasteiger partial charge in [0.2, 0.25) is 11.1 Å². The molecule has 8 heteroatoms. The molecule has 1 unspecified atom stereocenters. The van der Waals surface area contributed by atoms with Crippen molar-refractivity contribution in [3.8, 4) is 0 Å². The molecule has 1 N–H and O–H groups in total. The second-order valence-electron chi connectivity index (χ2n) is 7.29. The number of anilines is 1. The first-order valence-corrected chi connectivity index (χ1v) is 10.7. The van der Waals surface area contributed by atoms with Gasteiger partial charge in [-0.05, 0) is 42.2 Å². The van der Waals surface area contributed by atoms with Gasteiger partial charge in [0.1, 0.15) is 17.7 Å². The minimum absolute atomic E-state index is 0.0692. The first kappa shape index (κ1) is 19.0. The molecule has 0 spiro atoms. The van der Waals surface area contributed by atoms with Gasteiger partial charge in [0, 0.05) is 23.4 Å². The Morgan fingerprint density at radius 2 is 1.90 bits per heavy atom. The fourth-order valence-corrected chi connectivity index (χ4v) is 4.72. The molecule has 1 aromatic heterocycles. The lowest BCUT2D eigenvalue weighted by atomic mass is 9.85. The largest absolute Gasteiger partial charge is 0.328 e. The lowest BCUT2D eigenvalue weighted by Crippen LogP contribution is -2.31. The fraction of sp³-hybridized carbons (Fsp3) is 0.227. The van der Waals surface area contributed by atoms with Crippen LogP contribution in [0, 0.1) is 11.6 Å². The molecule has 2 aliphatic rings. The summed E-state index contributed by atoms with van der Waals surface area (Å²) in [5.41, 5.74) is 2.87. The Hall–Kier alpha value is -3.00. The average molecular weight is 424 g/mol. The molecule has 0 radical (unpaired) electrons. The molecule has 1 aliphatic heterocycles. The molecular formula is C22H18F2N4OS. The van der Waals surface area contributed by atoms with Crippen LogP contribution in [0.15, 0.2) is 65.0 Å². The summed E-state index contributed by atoms with van der Waals surface area (Å²) in [4.78, 5) is 17.3. The molecule has 0 bridgehead atoms. The van der Waals surface area contributed by atoms with Gasteiger partial charge in [-0.2, -0.15) is 4.98 Å². The summed E-state index contributed by atoms with van der Waals surface area (Å²) < 4.78 is 29.1. The molecule has 2 aromatic carbocycles. The van der Waals surface area contributed by atoms with Crippen molar-refractivity contribution in [1.82, 2.24) is 14.8 Å². The number of hydrogen-bond donors (Lipinski definition) is 1. The van der Waals surface area contributed by atoms with Crippen molar-refractivity contribution in [2.24, 2.45) is 0 Å². The van der Waals surface area contributed by atoms with Crippen molar-refractivity contribution in [3.05, 3.63) is 82.6 Å². The monoisotopic (exact) mass is 424 g/mol. The quantitative estimate of drug-likeness (QED) is 0.606. The summed E-state index contributed by atoms with van der Waals surface area (Å²) in [5, 5.41) is 8.35. The second kappa shape index (κ2) is 7.68. The number of hydrogen-bond acceptors (Lipinski definition) is 5. The van der Waals surface area contributed by atoms with Crippen molar-refractivity contribution in [1.29, 1.82) is 0 Å². The highest BCUT2D eigenvalue weighted by Gasteiger charge is 2.36. The molecule has 5 rings (SSSR count). The SMILES string of the molecule is O=C1CCCC2=C1C(c1ccc(F)cc1)n1nc(SCc3ccccc3F)nc1N2. The number of carbonyl (C=O) groups is 1. The molecule has 152 valence electrons. The molecule has 30 heavy (non-hydrogen) atoms. The number of allylic oxidation sites excluding steroid dienone is 2. The van der Waals surface area contributed by atoms with E-state index >= 15 is 0 Å². The molecule has 2 heterocycles. The topological polar surface area (TPSA) is 59.8 Å². The molecular weight excluding hydrogens is 406 g/mol.